The number of carbonyl (C=O) groups excluding carboxylic acids is 2. The third-order valence-electron chi connectivity index (χ3n) is 4.39. The first-order valence-electron chi connectivity index (χ1n) is 8.37. The van der Waals surface area contributed by atoms with E-state index < -0.39 is 11.0 Å². The van der Waals surface area contributed by atoms with E-state index in [-0.39, 0.29) is 18.4 Å². The molecule has 1 aromatic rings. The van der Waals surface area contributed by atoms with Gasteiger partial charge in [0.05, 0.1) is 44.4 Å². The number of ether oxygens (including phenoxy) is 2. The van der Waals surface area contributed by atoms with Crippen molar-refractivity contribution in [2.24, 2.45) is 5.41 Å². The summed E-state index contributed by atoms with van der Waals surface area (Å²) in [6, 6.07) is 0. The highest BCUT2D eigenvalue weighted by molar-refractivity contribution is 5.95. The maximum absolute atomic E-state index is 12.7. The largest absolute Gasteiger partial charge is 0.376 e. The van der Waals surface area contributed by atoms with Crippen LogP contribution >= 0.6 is 0 Å². The van der Waals surface area contributed by atoms with Gasteiger partial charge in [-0.3, -0.25) is 9.59 Å². The number of hydrogen-bond donors (Lipinski definition) is 0. The summed E-state index contributed by atoms with van der Waals surface area (Å²) in [5.74, 6) is -0.106. The van der Waals surface area contributed by atoms with E-state index in [4.69, 9.17) is 9.47 Å². The van der Waals surface area contributed by atoms with Crippen molar-refractivity contribution in [3.63, 3.8) is 0 Å². The van der Waals surface area contributed by atoms with Crippen LogP contribution in [0.3, 0.4) is 0 Å². The molecule has 1 spiro atoms. The minimum atomic E-state index is -0.749. The van der Waals surface area contributed by atoms with E-state index in [0.29, 0.717) is 38.5 Å². The van der Waals surface area contributed by atoms with Crippen LogP contribution in [0.15, 0.2) is 18.7 Å². The van der Waals surface area contributed by atoms with E-state index in [1.165, 1.54) is 6.33 Å². The summed E-state index contributed by atoms with van der Waals surface area (Å²) < 4.78 is 11.6. The fourth-order valence-corrected chi connectivity index (χ4v) is 3.12. The van der Waals surface area contributed by atoms with Gasteiger partial charge >= 0.3 is 0 Å². The van der Waals surface area contributed by atoms with Crippen molar-refractivity contribution in [3.8, 4) is 0 Å². The highest BCUT2D eigenvalue weighted by Crippen LogP contribution is 2.28. The molecule has 0 aliphatic carbocycles. The van der Waals surface area contributed by atoms with Crippen molar-refractivity contribution in [1.82, 2.24) is 14.9 Å². The Morgan fingerprint density at radius 2 is 1.96 bits per heavy atom. The highest BCUT2D eigenvalue weighted by Gasteiger charge is 2.45. The van der Waals surface area contributed by atoms with Gasteiger partial charge in [-0.2, -0.15) is 0 Å². The summed E-state index contributed by atoms with van der Waals surface area (Å²) >= 11 is 0. The van der Waals surface area contributed by atoms with Crippen LogP contribution in [-0.4, -0.2) is 71.7 Å². The number of rotatable bonds is 1. The van der Waals surface area contributed by atoms with Gasteiger partial charge in [0.15, 0.2) is 0 Å². The number of carbonyl (C=O) groups is 2. The highest BCUT2D eigenvalue weighted by atomic mass is 16.6. The smallest absolute Gasteiger partial charge is 0.253 e. The normalized spacial score (nSPS) is 25.2. The number of aromatic nitrogens is 2. The first-order chi connectivity index (χ1) is 11.8. The Labute approximate surface area is 147 Å². The third-order valence-corrected chi connectivity index (χ3v) is 4.39. The molecular formula is C17H24N4O4. The molecule has 3 rings (SSSR count). The molecular weight excluding hydrogens is 324 g/mol. The van der Waals surface area contributed by atoms with E-state index in [1.54, 1.807) is 22.2 Å². The molecule has 2 saturated heterocycles. The lowest BCUT2D eigenvalue weighted by atomic mass is 9.93. The number of morpholine rings is 1. The Bertz CT molecular complexity index is 646. The summed E-state index contributed by atoms with van der Waals surface area (Å²) in [4.78, 5) is 36.4. The van der Waals surface area contributed by atoms with Gasteiger partial charge in [-0.25, -0.2) is 9.97 Å². The average molecular weight is 348 g/mol. The molecule has 25 heavy (non-hydrogen) atoms. The van der Waals surface area contributed by atoms with Gasteiger partial charge in [0.25, 0.3) is 5.91 Å². The van der Waals surface area contributed by atoms with E-state index in [0.717, 1.165) is 0 Å². The second kappa shape index (κ2) is 6.68. The SMILES string of the molecule is CC(C)(C)C(=O)N1CCOCC2(C1)CN(c1cncnc1)C(=O)CO2. The van der Waals surface area contributed by atoms with Gasteiger partial charge in [0.2, 0.25) is 5.91 Å². The molecule has 136 valence electrons. The van der Waals surface area contributed by atoms with E-state index >= 15 is 0 Å². The molecule has 0 radical (unpaired) electrons. The molecule has 0 N–H and O–H groups in total. The molecule has 3 heterocycles. The molecule has 2 aliphatic rings. The monoisotopic (exact) mass is 348 g/mol. The van der Waals surface area contributed by atoms with Crippen LogP contribution < -0.4 is 4.90 Å². The van der Waals surface area contributed by atoms with Crippen LogP contribution in [0.5, 0.6) is 0 Å². The lowest BCUT2D eigenvalue weighted by Gasteiger charge is -2.43. The summed E-state index contributed by atoms with van der Waals surface area (Å²) in [6.45, 7) is 7.62. The Hall–Kier alpha value is -2.06. The van der Waals surface area contributed by atoms with Crippen molar-refractivity contribution in [2.45, 2.75) is 26.4 Å². The number of hydrogen-bond acceptors (Lipinski definition) is 6. The lowest BCUT2D eigenvalue weighted by molar-refractivity contribution is -0.152. The molecule has 2 amide bonds. The summed E-state index contributed by atoms with van der Waals surface area (Å²) in [5, 5.41) is 0. The van der Waals surface area contributed by atoms with Crippen molar-refractivity contribution >= 4 is 17.5 Å². The zero-order valence-corrected chi connectivity index (χ0v) is 14.9. The van der Waals surface area contributed by atoms with E-state index in [2.05, 4.69) is 9.97 Å². The fraction of sp³-hybridized carbons (Fsp3) is 0.647. The van der Waals surface area contributed by atoms with Crippen LogP contribution in [0.25, 0.3) is 0 Å². The third kappa shape index (κ3) is 3.80. The van der Waals surface area contributed by atoms with Crippen molar-refractivity contribution in [3.05, 3.63) is 18.7 Å². The van der Waals surface area contributed by atoms with Gasteiger partial charge in [-0.1, -0.05) is 20.8 Å². The quantitative estimate of drug-likeness (QED) is 0.734. The molecule has 8 heteroatoms. The second-order valence-corrected chi connectivity index (χ2v) is 7.58. The van der Waals surface area contributed by atoms with Crippen molar-refractivity contribution in [2.75, 3.05) is 44.4 Å². The number of anilines is 1. The summed E-state index contributed by atoms with van der Waals surface area (Å²) in [6.07, 6.45) is 4.61. The zero-order chi connectivity index (χ0) is 18.1. The van der Waals surface area contributed by atoms with E-state index in [9.17, 15) is 9.59 Å². The fourth-order valence-electron chi connectivity index (χ4n) is 3.12. The molecule has 0 aromatic carbocycles. The molecule has 2 aliphatic heterocycles. The van der Waals surface area contributed by atoms with E-state index in [1.807, 2.05) is 20.8 Å². The standard InChI is InChI=1S/C17H24N4O4/c1-16(2,3)15(23)20-4-5-24-11-17(9-20)10-21(14(22)8-25-17)13-6-18-12-19-7-13/h6-7,12H,4-5,8-11H2,1-3H3. The Morgan fingerprint density at radius 3 is 2.64 bits per heavy atom. The lowest BCUT2D eigenvalue weighted by Crippen LogP contribution is -2.61. The molecule has 1 atom stereocenters. The molecule has 0 bridgehead atoms. The Kier molecular flexibility index (Phi) is 4.75. The predicted octanol–water partition coefficient (Wildman–Crippen LogP) is 0.484. The predicted molar refractivity (Wildman–Crippen MR) is 89.9 cm³/mol. The minimum absolute atomic E-state index is 0.0486. The van der Waals surface area contributed by atoms with Crippen LogP contribution in [-0.2, 0) is 19.1 Å². The molecule has 1 aromatic heterocycles. The summed E-state index contributed by atoms with van der Waals surface area (Å²) in [7, 11) is 0. The van der Waals surface area contributed by atoms with Crippen molar-refractivity contribution < 1.29 is 19.1 Å². The number of nitrogens with zero attached hydrogens (tertiary/aromatic N) is 4. The van der Waals surface area contributed by atoms with Crippen LogP contribution in [0.1, 0.15) is 20.8 Å². The molecule has 2 fully saturated rings. The summed E-state index contributed by atoms with van der Waals surface area (Å²) in [5.41, 5.74) is -0.613. The Balaban J connectivity index is 1.84. The second-order valence-electron chi connectivity index (χ2n) is 7.58. The molecule has 0 saturated carbocycles. The minimum Gasteiger partial charge on any atom is -0.376 e. The van der Waals surface area contributed by atoms with Crippen LogP contribution in [0.4, 0.5) is 5.69 Å². The van der Waals surface area contributed by atoms with Crippen LogP contribution in [0.2, 0.25) is 0 Å². The maximum atomic E-state index is 12.7. The first kappa shape index (κ1) is 17.8. The van der Waals surface area contributed by atoms with Gasteiger partial charge in [-0.15, -0.1) is 0 Å². The zero-order valence-electron chi connectivity index (χ0n) is 14.9. The molecule has 1 unspecified atom stereocenters. The topological polar surface area (TPSA) is 84.9 Å². The first-order valence-corrected chi connectivity index (χ1v) is 8.37. The molecule has 8 nitrogen and oxygen atoms in total. The van der Waals surface area contributed by atoms with Gasteiger partial charge in [0.1, 0.15) is 18.5 Å². The number of amides is 2. The maximum Gasteiger partial charge on any atom is 0.253 e. The Morgan fingerprint density at radius 1 is 1.24 bits per heavy atom. The van der Waals surface area contributed by atoms with Gasteiger partial charge < -0.3 is 19.3 Å². The van der Waals surface area contributed by atoms with Gasteiger partial charge in [0, 0.05) is 12.0 Å². The van der Waals surface area contributed by atoms with Crippen molar-refractivity contribution in [1.29, 1.82) is 0 Å². The average Bonchev–Trinajstić information content (AvgIpc) is 2.79. The van der Waals surface area contributed by atoms with Crippen LogP contribution in [0, 0.1) is 5.41 Å². The van der Waals surface area contributed by atoms with Gasteiger partial charge in [-0.05, 0) is 0 Å².